The Bertz CT molecular complexity index is 353. The van der Waals surface area contributed by atoms with Gasteiger partial charge in [-0.15, -0.1) is 0 Å². The van der Waals surface area contributed by atoms with Gasteiger partial charge in [0.15, 0.2) is 10.2 Å². The summed E-state index contributed by atoms with van der Waals surface area (Å²) in [4.78, 5) is 0. The van der Waals surface area contributed by atoms with Crippen LogP contribution in [0.1, 0.15) is 27.7 Å². The van der Waals surface area contributed by atoms with Gasteiger partial charge < -0.3 is 16.4 Å². The summed E-state index contributed by atoms with van der Waals surface area (Å²) < 4.78 is 0. The highest BCUT2D eigenvalue weighted by atomic mass is 32.1. The number of hydrogen-bond donors (Lipinski definition) is 5. The Morgan fingerprint density at radius 2 is 1.45 bits per heavy atom. The van der Waals surface area contributed by atoms with Crippen LogP contribution in [0.3, 0.4) is 0 Å². The molecule has 0 atom stereocenters. The maximum Gasteiger partial charge on any atom is 0.187 e. The second-order valence-corrected chi connectivity index (χ2v) is 4.12. The highest BCUT2D eigenvalue weighted by molar-refractivity contribution is 7.80. The zero-order valence-corrected chi connectivity index (χ0v) is 14.5. The van der Waals surface area contributed by atoms with Crippen LogP contribution < -0.4 is 27.2 Å². The van der Waals surface area contributed by atoms with Gasteiger partial charge in [-0.1, -0.05) is 13.8 Å². The van der Waals surface area contributed by atoms with E-state index in [0.29, 0.717) is 28.2 Å². The van der Waals surface area contributed by atoms with Crippen LogP contribution in [0.25, 0.3) is 0 Å². The first-order valence-electron chi connectivity index (χ1n) is 6.41. The molecule has 7 nitrogen and oxygen atoms in total. The average molecular weight is 321 g/mol. The molecule has 0 aromatic carbocycles. The van der Waals surface area contributed by atoms with E-state index in [0.717, 1.165) is 6.54 Å². The fourth-order valence-corrected chi connectivity index (χ4v) is 0.922. The summed E-state index contributed by atoms with van der Waals surface area (Å²) in [6.07, 6.45) is 0. The number of quaternary nitrogens is 1. The van der Waals surface area contributed by atoms with Gasteiger partial charge in [-0.05, 0) is 38.3 Å². The number of hydrazone groups is 2. The van der Waals surface area contributed by atoms with E-state index in [-0.39, 0.29) is 0 Å². The molecule has 0 amide bonds. The maximum absolute atomic E-state index is 5.01. The van der Waals surface area contributed by atoms with Gasteiger partial charge in [-0.3, -0.25) is 10.9 Å². The van der Waals surface area contributed by atoms with E-state index < -0.39 is 0 Å². The van der Waals surface area contributed by atoms with Crippen LogP contribution in [-0.4, -0.2) is 41.8 Å². The lowest BCUT2D eigenvalue weighted by molar-refractivity contribution is -0.364. The molecule has 0 bridgehead atoms. The minimum Gasteiger partial charge on any atom is -0.364 e. The van der Waals surface area contributed by atoms with Crippen LogP contribution in [0, 0.1) is 0 Å². The average Bonchev–Trinajstić information content (AvgIpc) is 2.49. The predicted octanol–water partition coefficient (Wildman–Crippen LogP) is -0.436. The van der Waals surface area contributed by atoms with Crippen LogP contribution in [0.2, 0.25) is 0 Å². The van der Waals surface area contributed by atoms with Crippen molar-refractivity contribution in [3.63, 3.8) is 0 Å². The molecule has 0 fully saturated rings. The first-order chi connectivity index (χ1) is 9.51. The van der Waals surface area contributed by atoms with Crippen molar-refractivity contribution in [2.45, 2.75) is 27.7 Å². The van der Waals surface area contributed by atoms with Crippen LogP contribution in [0.15, 0.2) is 10.2 Å². The zero-order chi connectivity index (χ0) is 16.0. The van der Waals surface area contributed by atoms with Crippen LogP contribution in [0.5, 0.6) is 0 Å². The normalized spacial score (nSPS) is 10.9. The molecule has 0 unspecified atom stereocenters. The molecule has 0 spiro atoms. The van der Waals surface area contributed by atoms with E-state index in [1.807, 2.05) is 27.7 Å². The molecular formula is C11H26N7S2+. The summed E-state index contributed by atoms with van der Waals surface area (Å²) in [7, 11) is 1.72. The van der Waals surface area contributed by atoms with Gasteiger partial charge in [-0.25, -0.2) is 0 Å². The minimum atomic E-state index is 0.447. The standard InChI is InChI=1S/C9H19N7S2.C2H6/c1-6(13-15-8(17)11-3)7(2)14-16-9(18)12-5-4-10;1-2/h4-5,10H2,1-3H3,(H2,11,15,17)(H2,12,16,18);1-2H3/p+1/b13-6+,14-7+;. The SMILES string of the molecule is CC.CNC(=S)N/N=C(C)/C(C)=N/NC(=S)NCC[NH3+]. The molecule has 0 aromatic rings. The zero-order valence-electron chi connectivity index (χ0n) is 12.8. The van der Waals surface area contributed by atoms with Gasteiger partial charge in [0.25, 0.3) is 0 Å². The molecule has 0 rings (SSSR count). The highest BCUT2D eigenvalue weighted by Crippen LogP contribution is 1.82. The quantitative estimate of drug-likeness (QED) is 0.268. The molecule has 0 aliphatic carbocycles. The molecule has 0 radical (unpaired) electrons. The third-order valence-corrected chi connectivity index (χ3v) is 2.39. The lowest BCUT2D eigenvalue weighted by Crippen LogP contribution is -2.55. The van der Waals surface area contributed by atoms with Crippen molar-refractivity contribution in [2.75, 3.05) is 20.1 Å². The Morgan fingerprint density at radius 3 is 1.85 bits per heavy atom. The summed E-state index contributed by atoms with van der Waals surface area (Å²) in [5.74, 6) is 0. The molecule has 0 aromatic heterocycles. The van der Waals surface area contributed by atoms with Gasteiger partial charge >= 0.3 is 0 Å². The summed E-state index contributed by atoms with van der Waals surface area (Å²) >= 11 is 9.90. The van der Waals surface area contributed by atoms with Crippen molar-refractivity contribution >= 4 is 46.1 Å². The molecule has 0 saturated carbocycles. The first-order valence-corrected chi connectivity index (χ1v) is 7.22. The Hall–Kier alpha value is -1.32. The summed E-state index contributed by atoms with van der Waals surface area (Å²) in [6.45, 7) is 9.11. The molecule has 7 N–H and O–H groups in total. The number of nitrogens with one attached hydrogen (secondary N) is 4. The van der Waals surface area contributed by atoms with E-state index in [9.17, 15) is 0 Å². The molecule has 0 saturated heterocycles. The lowest BCUT2D eigenvalue weighted by atomic mass is 10.3. The van der Waals surface area contributed by atoms with Crippen molar-refractivity contribution in [1.82, 2.24) is 21.5 Å². The van der Waals surface area contributed by atoms with Crippen LogP contribution in [-0.2, 0) is 0 Å². The second-order valence-electron chi connectivity index (χ2n) is 3.31. The van der Waals surface area contributed by atoms with Gasteiger partial charge in [0, 0.05) is 7.05 Å². The predicted molar refractivity (Wildman–Crippen MR) is 93.9 cm³/mol. The minimum absolute atomic E-state index is 0.447. The summed E-state index contributed by atoms with van der Waals surface area (Å²) in [5.41, 5.74) is 10.5. The summed E-state index contributed by atoms with van der Waals surface area (Å²) in [5, 5.41) is 14.8. The van der Waals surface area contributed by atoms with Crippen molar-refractivity contribution in [2.24, 2.45) is 10.2 Å². The van der Waals surface area contributed by atoms with E-state index in [4.69, 9.17) is 24.4 Å². The van der Waals surface area contributed by atoms with Gasteiger partial charge in [0.2, 0.25) is 0 Å². The van der Waals surface area contributed by atoms with Crippen molar-refractivity contribution in [3.05, 3.63) is 0 Å². The Kier molecular flexibility index (Phi) is 14.8. The largest absolute Gasteiger partial charge is 0.364 e. The number of hydrogen-bond acceptors (Lipinski definition) is 4. The van der Waals surface area contributed by atoms with Crippen molar-refractivity contribution in [3.8, 4) is 0 Å². The third kappa shape index (κ3) is 11.8. The fraction of sp³-hybridized carbons (Fsp3) is 0.636. The molecule has 9 heteroatoms. The van der Waals surface area contributed by atoms with E-state index >= 15 is 0 Å². The second kappa shape index (κ2) is 14.1. The van der Waals surface area contributed by atoms with E-state index in [2.05, 4.69) is 37.4 Å². The number of rotatable bonds is 5. The summed E-state index contributed by atoms with van der Waals surface area (Å²) in [6, 6.07) is 0. The third-order valence-electron chi connectivity index (χ3n) is 1.86. The van der Waals surface area contributed by atoms with Crippen LogP contribution >= 0.6 is 24.4 Å². The first kappa shape index (κ1) is 21.0. The Morgan fingerprint density at radius 1 is 1.00 bits per heavy atom. The smallest absolute Gasteiger partial charge is 0.187 e. The monoisotopic (exact) mass is 320 g/mol. The molecule has 20 heavy (non-hydrogen) atoms. The van der Waals surface area contributed by atoms with Crippen molar-refractivity contribution < 1.29 is 5.73 Å². The Labute approximate surface area is 131 Å². The number of nitrogens with zero attached hydrogens (tertiary/aromatic N) is 2. The molecule has 0 heterocycles. The topological polar surface area (TPSA) is 100 Å². The van der Waals surface area contributed by atoms with E-state index in [1.165, 1.54) is 0 Å². The highest BCUT2D eigenvalue weighted by Gasteiger charge is 1.98. The Balaban J connectivity index is 0. The molecule has 0 aliphatic rings. The van der Waals surface area contributed by atoms with Gasteiger partial charge in [-0.2, -0.15) is 10.2 Å². The van der Waals surface area contributed by atoms with Crippen LogP contribution in [0.4, 0.5) is 0 Å². The van der Waals surface area contributed by atoms with E-state index in [1.54, 1.807) is 7.05 Å². The molecule has 116 valence electrons. The maximum atomic E-state index is 5.01. The molecule has 0 aliphatic heterocycles. The van der Waals surface area contributed by atoms with Crippen molar-refractivity contribution in [1.29, 1.82) is 0 Å². The van der Waals surface area contributed by atoms with Gasteiger partial charge in [0.1, 0.15) is 0 Å². The fourth-order valence-electron chi connectivity index (χ4n) is 0.728. The van der Waals surface area contributed by atoms with Gasteiger partial charge in [0.05, 0.1) is 24.5 Å². The lowest BCUT2D eigenvalue weighted by Gasteiger charge is -2.06. The number of thiocarbonyl (C=S) groups is 2. The molecular weight excluding hydrogens is 294 g/mol.